The van der Waals surface area contributed by atoms with Crippen LogP contribution in [-0.4, -0.2) is 21.5 Å². The predicted octanol–water partition coefficient (Wildman–Crippen LogP) is 5.62. The Balaban J connectivity index is 1.55. The molecule has 2 aliphatic carbocycles. The van der Waals surface area contributed by atoms with Crippen molar-refractivity contribution in [2.24, 2.45) is 5.92 Å². The van der Waals surface area contributed by atoms with E-state index in [4.69, 9.17) is 9.97 Å². The number of nitrogens with one attached hydrogen (secondary N) is 1. The van der Waals surface area contributed by atoms with Gasteiger partial charge in [0, 0.05) is 29.4 Å². The monoisotopic (exact) mass is 378 g/mol. The number of nitrogens with zero attached hydrogens (tertiary/aromatic N) is 3. The van der Waals surface area contributed by atoms with Crippen LogP contribution in [0.1, 0.15) is 55.4 Å². The molecule has 5 rings (SSSR count). The van der Waals surface area contributed by atoms with E-state index in [1.54, 1.807) is 0 Å². The fourth-order valence-electron chi connectivity index (χ4n) is 4.55. The first-order valence-electron chi connectivity index (χ1n) is 10.3. The number of hydrogen-bond acceptors (Lipinski definition) is 5. The van der Waals surface area contributed by atoms with Gasteiger partial charge in [-0.15, -0.1) is 11.3 Å². The van der Waals surface area contributed by atoms with Crippen LogP contribution in [0.4, 0.5) is 5.82 Å². The van der Waals surface area contributed by atoms with E-state index in [2.05, 4.69) is 10.3 Å². The molecule has 2 aliphatic rings. The second-order valence-electron chi connectivity index (χ2n) is 7.91. The zero-order valence-corrected chi connectivity index (χ0v) is 16.5. The van der Waals surface area contributed by atoms with Gasteiger partial charge < -0.3 is 5.32 Å². The van der Waals surface area contributed by atoms with Gasteiger partial charge in [-0.3, -0.25) is 4.98 Å². The van der Waals surface area contributed by atoms with Crippen molar-refractivity contribution >= 4 is 27.4 Å². The Morgan fingerprint density at radius 3 is 2.63 bits per heavy atom. The van der Waals surface area contributed by atoms with E-state index >= 15 is 0 Å². The van der Waals surface area contributed by atoms with Gasteiger partial charge in [-0.05, 0) is 62.1 Å². The Kier molecular flexibility index (Phi) is 4.78. The van der Waals surface area contributed by atoms with Gasteiger partial charge in [0.1, 0.15) is 10.6 Å². The molecule has 3 aromatic heterocycles. The molecule has 0 amide bonds. The van der Waals surface area contributed by atoms with Crippen molar-refractivity contribution in [3.8, 4) is 11.4 Å². The van der Waals surface area contributed by atoms with Gasteiger partial charge in [0.15, 0.2) is 5.82 Å². The highest BCUT2D eigenvalue weighted by Gasteiger charge is 2.22. The maximum Gasteiger partial charge on any atom is 0.163 e. The Morgan fingerprint density at radius 1 is 0.963 bits per heavy atom. The van der Waals surface area contributed by atoms with Crippen molar-refractivity contribution in [3.05, 3.63) is 35.0 Å². The maximum absolute atomic E-state index is 4.99. The molecule has 0 aromatic carbocycles. The number of rotatable bonds is 4. The first-order chi connectivity index (χ1) is 13.4. The van der Waals surface area contributed by atoms with E-state index in [0.29, 0.717) is 0 Å². The summed E-state index contributed by atoms with van der Waals surface area (Å²) in [5, 5.41) is 5.04. The van der Waals surface area contributed by atoms with Crippen LogP contribution in [-0.2, 0) is 12.8 Å². The van der Waals surface area contributed by atoms with Crippen molar-refractivity contribution < 1.29 is 0 Å². The molecule has 0 unspecified atom stereocenters. The van der Waals surface area contributed by atoms with Gasteiger partial charge in [-0.1, -0.05) is 19.3 Å². The summed E-state index contributed by atoms with van der Waals surface area (Å²) in [6, 6.07) is 4.00. The summed E-state index contributed by atoms with van der Waals surface area (Å²) in [5.74, 6) is 2.65. The summed E-state index contributed by atoms with van der Waals surface area (Å²) in [6.07, 6.45) is 15.4. The van der Waals surface area contributed by atoms with Crippen molar-refractivity contribution in [2.75, 3.05) is 11.9 Å². The van der Waals surface area contributed by atoms with E-state index in [1.807, 2.05) is 35.9 Å². The number of hydrogen-bond donors (Lipinski definition) is 1. The maximum atomic E-state index is 4.99. The minimum absolute atomic E-state index is 0.780. The average Bonchev–Trinajstić information content (AvgIpc) is 3.12. The quantitative estimate of drug-likeness (QED) is 0.640. The number of pyridine rings is 1. The molecule has 0 radical (unpaired) electrons. The molecule has 5 heteroatoms. The number of anilines is 1. The summed E-state index contributed by atoms with van der Waals surface area (Å²) < 4.78 is 0. The van der Waals surface area contributed by atoms with E-state index in [1.165, 1.54) is 73.6 Å². The molecule has 27 heavy (non-hydrogen) atoms. The summed E-state index contributed by atoms with van der Waals surface area (Å²) in [4.78, 5) is 16.7. The third kappa shape index (κ3) is 3.45. The molecule has 0 bridgehead atoms. The van der Waals surface area contributed by atoms with Crippen molar-refractivity contribution in [3.63, 3.8) is 0 Å². The SMILES string of the molecule is c1cc(-c2nc(NCC3CCCCC3)c3c4c(sc3n2)CCCC4)ccn1. The fraction of sp³-hybridized carbons (Fsp3) is 0.500. The van der Waals surface area contributed by atoms with Crippen LogP contribution in [0.2, 0.25) is 0 Å². The molecular formula is C22H26N4S. The summed E-state index contributed by atoms with van der Waals surface area (Å²) in [7, 11) is 0. The standard InChI is InChI=1S/C22H26N4S/c1-2-6-15(7-3-1)14-24-21-19-17-8-4-5-9-18(17)27-22(19)26-20(25-21)16-10-12-23-13-11-16/h10-13,15H,1-9,14H2,(H,24,25,26). The number of thiophene rings is 1. The molecule has 4 nitrogen and oxygen atoms in total. The molecule has 3 aromatic rings. The van der Waals surface area contributed by atoms with Gasteiger partial charge in [-0.2, -0.15) is 0 Å². The summed E-state index contributed by atoms with van der Waals surface area (Å²) in [5.41, 5.74) is 2.55. The highest BCUT2D eigenvalue weighted by atomic mass is 32.1. The Hall–Kier alpha value is -2.01. The lowest BCUT2D eigenvalue weighted by molar-refractivity contribution is 0.373. The first-order valence-corrected chi connectivity index (χ1v) is 11.2. The summed E-state index contributed by atoms with van der Waals surface area (Å²) in [6.45, 7) is 1.03. The second kappa shape index (κ2) is 7.55. The Bertz CT molecular complexity index is 928. The highest BCUT2D eigenvalue weighted by molar-refractivity contribution is 7.19. The van der Waals surface area contributed by atoms with Crippen LogP contribution in [0.15, 0.2) is 24.5 Å². The molecule has 0 saturated heterocycles. The smallest absolute Gasteiger partial charge is 0.163 e. The van der Waals surface area contributed by atoms with Crippen LogP contribution in [0.3, 0.4) is 0 Å². The minimum Gasteiger partial charge on any atom is -0.369 e. The zero-order valence-electron chi connectivity index (χ0n) is 15.7. The lowest BCUT2D eigenvalue weighted by Crippen LogP contribution is -2.18. The van der Waals surface area contributed by atoms with E-state index in [0.717, 1.165) is 34.5 Å². The molecule has 1 N–H and O–H groups in total. The summed E-state index contributed by atoms with van der Waals surface area (Å²) >= 11 is 1.88. The first kappa shape index (κ1) is 17.1. The average molecular weight is 379 g/mol. The topological polar surface area (TPSA) is 50.7 Å². The Morgan fingerprint density at radius 2 is 1.78 bits per heavy atom. The van der Waals surface area contributed by atoms with E-state index < -0.39 is 0 Å². The van der Waals surface area contributed by atoms with Crippen molar-refractivity contribution in [2.45, 2.75) is 57.8 Å². The molecule has 0 spiro atoms. The van der Waals surface area contributed by atoms with Crippen LogP contribution in [0.5, 0.6) is 0 Å². The predicted molar refractivity (Wildman–Crippen MR) is 112 cm³/mol. The number of aryl methyl sites for hydroxylation is 2. The third-order valence-corrected chi connectivity index (χ3v) is 7.22. The number of fused-ring (bicyclic) bond motifs is 3. The number of aromatic nitrogens is 3. The molecular weight excluding hydrogens is 352 g/mol. The van der Waals surface area contributed by atoms with Crippen molar-refractivity contribution in [1.82, 2.24) is 15.0 Å². The van der Waals surface area contributed by atoms with Gasteiger partial charge in [-0.25, -0.2) is 9.97 Å². The lowest BCUT2D eigenvalue weighted by atomic mass is 9.89. The van der Waals surface area contributed by atoms with Crippen LogP contribution < -0.4 is 5.32 Å². The van der Waals surface area contributed by atoms with Crippen molar-refractivity contribution in [1.29, 1.82) is 0 Å². The second-order valence-corrected chi connectivity index (χ2v) is 8.99. The van der Waals surface area contributed by atoms with Gasteiger partial charge in [0.2, 0.25) is 0 Å². The van der Waals surface area contributed by atoms with E-state index in [9.17, 15) is 0 Å². The largest absolute Gasteiger partial charge is 0.369 e. The van der Waals surface area contributed by atoms with Crippen LogP contribution in [0, 0.1) is 5.92 Å². The lowest BCUT2D eigenvalue weighted by Gasteiger charge is -2.22. The van der Waals surface area contributed by atoms with Crippen LogP contribution in [0.25, 0.3) is 21.6 Å². The zero-order chi connectivity index (χ0) is 18.1. The Labute approximate surface area is 164 Å². The molecule has 1 fully saturated rings. The van der Waals surface area contributed by atoms with Gasteiger partial charge in [0.25, 0.3) is 0 Å². The molecule has 3 heterocycles. The minimum atomic E-state index is 0.780. The molecule has 1 saturated carbocycles. The van der Waals surface area contributed by atoms with Gasteiger partial charge >= 0.3 is 0 Å². The highest BCUT2D eigenvalue weighted by Crippen LogP contribution is 2.39. The third-order valence-electron chi connectivity index (χ3n) is 6.04. The van der Waals surface area contributed by atoms with E-state index in [-0.39, 0.29) is 0 Å². The molecule has 140 valence electrons. The molecule has 0 atom stereocenters. The fourth-order valence-corrected chi connectivity index (χ4v) is 5.81. The molecule has 0 aliphatic heterocycles. The van der Waals surface area contributed by atoms with Crippen LogP contribution >= 0.6 is 11.3 Å². The normalized spacial score (nSPS) is 17.8. The van der Waals surface area contributed by atoms with Gasteiger partial charge in [0.05, 0.1) is 5.39 Å².